The van der Waals surface area contributed by atoms with Crippen LogP contribution in [0.2, 0.25) is 0 Å². The molecule has 0 aliphatic heterocycles. The van der Waals surface area contributed by atoms with Gasteiger partial charge in [0.05, 0.1) is 0 Å². The summed E-state index contributed by atoms with van der Waals surface area (Å²) in [6, 6.07) is 0. The summed E-state index contributed by atoms with van der Waals surface area (Å²) in [5, 5.41) is 8.56. The van der Waals surface area contributed by atoms with Crippen molar-refractivity contribution in [1.82, 2.24) is 0 Å². The first-order valence-electron chi connectivity index (χ1n) is 11.4. The molecule has 26 heavy (non-hydrogen) atoms. The number of aliphatic carboxylic acids is 1. The Hall–Kier alpha value is -0.860. The van der Waals surface area contributed by atoms with Crippen LogP contribution in [-0.4, -0.2) is 16.9 Å². The monoisotopic (exact) mass is 368 g/mol. The molecule has 154 valence electrons. The normalized spacial score (nSPS) is 11.0. The minimum Gasteiger partial charge on any atom is -0.481 e. The van der Waals surface area contributed by atoms with Gasteiger partial charge in [0.1, 0.15) is 5.78 Å². The van der Waals surface area contributed by atoms with Crippen LogP contribution in [0.15, 0.2) is 0 Å². The first-order chi connectivity index (χ1) is 12.7. The number of rotatable bonds is 21. The Kier molecular flexibility index (Phi) is 19.8. The van der Waals surface area contributed by atoms with Crippen LogP contribution in [0.1, 0.15) is 135 Å². The molecule has 3 nitrogen and oxygen atoms in total. The first-order valence-corrected chi connectivity index (χ1v) is 11.4. The van der Waals surface area contributed by atoms with Gasteiger partial charge >= 0.3 is 5.97 Å². The van der Waals surface area contributed by atoms with Gasteiger partial charge in [-0.2, -0.15) is 0 Å². The number of unbranched alkanes of at least 4 members (excludes halogenated alkanes) is 15. The molecule has 0 aliphatic carbocycles. The van der Waals surface area contributed by atoms with Gasteiger partial charge in [0, 0.05) is 19.3 Å². The van der Waals surface area contributed by atoms with Crippen molar-refractivity contribution in [3.05, 3.63) is 0 Å². The highest BCUT2D eigenvalue weighted by Crippen LogP contribution is 2.14. The molecule has 0 amide bonds. The fourth-order valence-electron chi connectivity index (χ4n) is 3.42. The summed E-state index contributed by atoms with van der Waals surface area (Å²) in [5.74, 6) is -0.193. The quantitative estimate of drug-likeness (QED) is 0.214. The Morgan fingerprint density at radius 3 is 1.15 bits per heavy atom. The van der Waals surface area contributed by atoms with Gasteiger partial charge in [-0.25, -0.2) is 0 Å². The highest BCUT2D eigenvalue weighted by molar-refractivity contribution is 5.78. The number of hydrogen-bond donors (Lipinski definition) is 1. The van der Waals surface area contributed by atoms with E-state index >= 15 is 0 Å². The van der Waals surface area contributed by atoms with E-state index in [9.17, 15) is 9.59 Å². The van der Waals surface area contributed by atoms with Crippen molar-refractivity contribution < 1.29 is 14.7 Å². The van der Waals surface area contributed by atoms with E-state index in [1.165, 1.54) is 83.5 Å². The van der Waals surface area contributed by atoms with Crippen molar-refractivity contribution in [3.63, 3.8) is 0 Å². The van der Waals surface area contributed by atoms with Crippen LogP contribution >= 0.6 is 0 Å². The van der Waals surface area contributed by atoms with Gasteiger partial charge in [0.25, 0.3) is 0 Å². The average Bonchev–Trinajstić information content (AvgIpc) is 2.61. The summed E-state index contributed by atoms with van der Waals surface area (Å²) in [7, 11) is 0. The molecular weight excluding hydrogens is 324 g/mol. The van der Waals surface area contributed by atoms with E-state index < -0.39 is 5.97 Å². The van der Waals surface area contributed by atoms with Gasteiger partial charge < -0.3 is 5.11 Å². The lowest BCUT2D eigenvalue weighted by atomic mass is 10.0. The standard InChI is InChI=1S/C23H44O3/c1-2-3-16-19-22(24)20-17-14-12-10-8-6-4-5-7-9-11-13-15-18-21-23(25)26/h2-21H2,1H3,(H,25,26). The fourth-order valence-corrected chi connectivity index (χ4v) is 3.42. The fraction of sp³-hybridized carbons (Fsp3) is 0.913. The minimum atomic E-state index is -0.666. The molecule has 0 fully saturated rings. The van der Waals surface area contributed by atoms with Crippen LogP contribution in [0, 0.1) is 0 Å². The summed E-state index contributed by atoms with van der Waals surface area (Å²) in [6.45, 7) is 2.18. The van der Waals surface area contributed by atoms with E-state index in [0.29, 0.717) is 12.2 Å². The van der Waals surface area contributed by atoms with E-state index in [1.807, 2.05) is 0 Å². The molecule has 0 aromatic heterocycles. The van der Waals surface area contributed by atoms with E-state index in [-0.39, 0.29) is 0 Å². The highest BCUT2D eigenvalue weighted by Gasteiger charge is 2.01. The second kappa shape index (κ2) is 20.5. The Labute approximate surface area is 162 Å². The van der Waals surface area contributed by atoms with Gasteiger partial charge in [-0.3, -0.25) is 9.59 Å². The van der Waals surface area contributed by atoms with Crippen LogP contribution in [0.5, 0.6) is 0 Å². The molecule has 0 aliphatic rings. The Morgan fingerprint density at radius 2 is 0.808 bits per heavy atom. The molecular formula is C23H44O3. The number of hydrogen-bond acceptors (Lipinski definition) is 2. The van der Waals surface area contributed by atoms with Crippen molar-refractivity contribution in [2.75, 3.05) is 0 Å². The minimum absolute atomic E-state index is 0.329. The predicted molar refractivity (Wildman–Crippen MR) is 111 cm³/mol. The van der Waals surface area contributed by atoms with Crippen LogP contribution in [0.3, 0.4) is 0 Å². The maximum Gasteiger partial charge on any atom is 0.303 e. The smallest absolute Gasteiger partial charge is 0.303 e. The van der Waals surface area contributed by atoms with Gasteiger partial charge in [-0.15, -0.1) is 0 Å². The molecule has 0 aromatic rings. The number of carbonyl (C=O) groups is 2. The molecule has 0 bridgehead atoms. The third kappa shape index (κ3) is 21.2. The van der Waals surface area contributed by atoms with Gasteiger partial charge in [-0.1, -0.05) is 96.8 Å². The van der Waals surface area contributed by atoms with Gasteiger partial charge in [-0.05, 0) is 19.3 Å². The Morgan fingerprint density at radius 1 is 0.500 bits per heavy atom. The molecule has 0 unspecified atom stereocenters. The third-order valence-corrected chi connectivity index (χ3v) is 5.16. The van der Waals surface area contributed by atoms with Crippen LogP contribution in [0.25, 0.3) is 0 Å². The van der Waals surface area contributed by atoms with E-state index in [1.54, 1.807) is 0 Å². The number of Topliss-reactive ketones (excluding diaryl/α,β-unsaturated/α-hetero) is 1. The molecule has 0 atom stereocenters. The molecule has 0 heterocycles. The number of carboxylic acid groups (broad SMARTS) is 1. The van der Waals surface area contributed by atoms with Crippen molar-refractivity contribution in [2.45, 2.75) is 135 Å². The second-order valence-corrected chi connectivity index (χ2v) is 7.84. The molecule has 0 aromatic carbocycles. The summed E-state index contributed by atoms with van der Waals surface area (Å²) >= 11 is 0. The number of carboxylic acids is 1. The molecule has 3 heteroatoms. The van der Waals surface area contributed by atoms with E-state index in [0.717, 1.165) is 38.5 Å². The highest BCUT2D eigenvalue weighted by atomic mass is 16.4. The zero-order valence-electron chi connectivity index (χ0n) is 17.4. The molecule has 1 N–H and O–H groups in total. The lowest BCUT2D eigenvalue weighted by Crippen LogP contribution is -1.97. The first kappa shape index (κ1) is 25.1. The second-order valence-electron chi connectivity index (χ2n) is 7.84. The zero-order valence-corrected chi connectivity index (χ0v) is 17.4. The summed E-state index contributed by atoms with van der Waals surface area (Å²) in [4.78, 5) is 22.0. The average molecular weight is 369 g/mol. The largest absolute Gasteiger partial charge is 0.481 e. The predicted octanol–water partition coefficient (Wildman–Crippen LogP) is 7.46. The topological polar surface area (TPSA) is 54.4 Å². The molecule has 0 radical (unpaired) electrons. The van der Waals surface area contributed by atoms with E-state index in [4.69, 9.17) is 5.11 Å². The molecule has 0 rings (SSSR count). The Bertz CT molecular complexity index is 325. The maximum atomic E-state index is 11.7. The molecule has 0 spiro atoms. The van der Waals surface area contributed by atoms with Crippen molar-refractivity contribution >= 4 is 11.8 Å². The summed E-state index contributed by atoms with van der Waals surface area (Å²) in [5.41, 5.74) is 0. The van der Waals surface area contributed by atoms with Gasteiger partial charge in [0.2, 0.25) is 0 Å². The zero-order chi connectivity index (χ0) is 19.3. The molecule has 0 saturated heterocycles. The van der Waals surface area contributed by atoms with Crippen molar-refractivity contribution in [1.29, 1.82) is 0 Å². The van der Waals surface area contributed by atoms with E-state index in [2.05, 4.69) is 6.92 Å². The SMILES string of the molecule is CCCCCC(=O)CCCCCCCCCCCCCCCCC(=O)O. The lowest BCUT2D eigenvalue weighted by molar-refractivity contribution is -0.137. The van der Waals surface area contributed by atoms with Crippen molar-refractivity contribution in [3.8, 4) is 0 Å². The van der Waals surface area contributed by atoms with Crippen LogP contribution in [-0.2, 0) is 9.59 Å². The summed E-state index contributed by atoms with van der Waals surface area (Å²) < 4.78 is 0. The van der Waals surface area contributed by atoms with Gasteiger partial charge in [0.15, 0.2) is 0 Å². The number of carbonyl (C=O) groups excluding carboxylic acids is 1. The van der Waals surface area contributed by atoms with Crippen LogP contribution in [0.4, 0.5) is 0 Å². The third-order valence-electron chi connectivity index (χ3n) is 5.16. The van der Waals surface area contributed by atoms with Crippen molar-refractivity contribution in [2.24, 2.45) is 0 Å². The summed E-state index contributed by atoms with van der Waals surface area (Å²) in [6.07, 6.45) is 22.7. The lowest BCUT2D eigenvalue weighted by Gasteiger charge is -2.03. The number of ketones is 1. The van der Waals surface area contributed by atoms with Crippen LogP contribution < -0.4 is 0 Å². The Balaban J connectivity index is 3.09. The maximum absolute atomic E-state index is 11.7. The molecule has 0 saturated carbocycles.